The molecule has 0 N–H and O–H groups in total. The highest BCUT2D eigenvalue weighted by Crippen LogP contribution is 2.34. The van der Waals surface area contributed by atoms with Gasteiger partial charge in [0, 0.05) is 56.1 Å². The molecule has 1 aromatic carbocycles. The van der Waals surface area contributed by atoms with Crippen molar-refractivity contribution >= 4 is 18.1 Å². The Balaban J connectivity index is 1.37. The van der Waals surface area contributed by atoms with Crippen LogP contribution >= 0.6 is 0 Å². The maximum absolute atomic E-state index is 13.2. The highest BCUT2D eigenvalue weighted by Gasteiger charge is 2.33. The number of rotatable bonds is 4. The molecule has 1 atom stereocenters. The molecule has 0 bridgehead atoms. The number of carbonyl (C=O) groups is 2. The van der Waals surface area contributed by atoms with Gasteiger partial charge in [0.05, 0.1) is 5.92 Å². The Hall–Kier alpha value is -2.96. The zero-order valence-electron chi connectivity index (χ0n) is 17.9. The van der Waals surface area contributed by atoms with E-state index < -0.39 is 0 Å². The van der Waals surface area contributed by atoms with Gasteiger partial charge >= 0.3 is 0 Å². The van der Waals surface area contributed by atoms with E-state index >= 15 is 0 Å². The smallest absolute Gasteiger partial charge is 0.227 e. The lowest BCUT2D eigenvalue weighted by molar-refractivity contribution is -0.139. The lowest BCUT2D eigenvalue weighted by Gasteiger charge is -2.38. The number of hydrogen-bond acceptors (Lipinski definition) is 5. The van der Waals surface area contributed by atoms with Gasteiger partial charge in [-0.2, -0.15) is 0 Å². The number of piperidine rings is 1. The average molecular weight is 420 g/mol. The number of anilines is 1. The molecule has 162 valence electrons. The molecular formula is C24H29N5O2. The van der Waals surface area contributed by atoms with Crippen LogP contribution < -0.4 is 4.90 Å². The first-order chi connectivity index (χ1) is 15.2. The molecule has 1 aromatic heterocycles. The number of aromatic nitrogens is 2. The molecule has 2 saturated heterocycles. The number of benzene rings is 1. The van der Waals surface area contributed by atoms with Crippen molar-refractivity contribution in [3.05, 3.63) is 41.6 Å². The van der Waals surface area contributed by atoms with Crippen LogP contribution in [-0.4, -0.2) is 71.4 Å². The summed E-state index contributed by atoms with van der Waals surface area (Å²) >= 11 is 0. The Bertz CT molecular complexity index is 956. The van der Waals surface area contributed by atoms with E-state index in [1.165, 1.54) is 11.3 Å². The van der Waals surface area contributed by atoms with E-state index in [0.29, 0.717) is 32.7 Å². The van der Waals surface area contributed by atoms with Crippen LogP contribution in [0.1, 0.15) is 30.5 Å². The van der Waals surface area contributed by atoms with Crippen LogP contribution in [0, 0.1) is 5.92 Å². The van der Waals surface area contributed by atoms with Gasteiger partial charge in [0.2, 0.25) is 12.3 Å². The van der Waals surface area contributed by atoms with Crippen LogP contribution in [0.25, 0.3) is 11.4 Å². The predicted molar refractivity (Wildman–Crippen MR) is 119 cm³/mol. The number of nitrogens with zero attached hydrogens (tertiary/aromatic N) is 5. The van der Waals surface area contributed by atoms with Gasteiger partial charge in [-0.15, -0.1) is 0 Å². The lowest BCUT2D eigenvalue weighted by Crippen LogP contribution is -2.52. The molecule has 0 radical (unpaired) electrons. The third-order valence-corrected chi connectivity index (χ3v) is 6.79. The Kier molecular flexibility index (Phi) is 5.57. The average Bonchev–Trinajstić information content (AvgIpc) is 3.32. The van der Waals surface area contributed by atoms with Crippen molar-refractivity contribution in [2.24, 2.45) is 5.92 Å². The largest absolute Gasteiger partial charge is 0.355 e. The Labute approximate surface area is 183 Å². The summed E-state index contributed by atoms with van der Waals surface area (Å²) in [5.74, 6) is 2.03. The van der Waals surface area contributed by atoms with Gasteiger partial charge in [0.25, 0.3) is 0 Å². The van der Waals surface area contributed by atoms with Gasteiger partial charge in [-0.3, -0.25) is 9.59 Å². The molecule has 2 aromatic rings. The monoisotopic (exact) mass is 419 g/mol. The van der Waals surface area contributed by atoms with Crippen molar-refractivity contribution in [1.82, 2.24) is 19.8 Å². The van der Waals surface area contributed by atoms with Gasteiger partial charge in [0.15, 0.2) is 5.82 Å². The number of fused-ring (bicyclic) bond motifs is 1. The maximum atomic E-state index is 13.2. The zero-order chi connectivity index (χ0) is 21.2. The normalized spacial score (nSPS) is 21.2. The fourth-order valence-electron chi connectivity index (χ4n) is 5.07. The predicted octanol–water partition coefficient (Wildman–Crippen LogP) is 2.15. The van der Waals surface area contributed by atoms with E-state index in [4.69, 9.17) is 9.97 Å². The van der Waals surface area contributed by atoms with Crippen LogP contribution in [0.5, 0.6) is 0 Å². The van der Waals surface area contributed by atoms with Gasteiger partial charge in [-0.25, -0.2) is 9.97 Å². The summed E-state index contributed by atoms with van der Waals surface area (Å²) in [5, 5.41) is 0. The summed E-state index contributed by atoms with van der Waals surface area (Å²) in [7, 11) is 0. The van der Waals surface area contributed by atoms with Crippen molar-refractivity contribution in [2.75, 3.05) is 44.2 Å². The first-order valence-electron chi connectivity index (χ1n) is 11.4. The first-order valence-corrected chi connectivity index (χ1v) is 11.4. The van der Waals surface area contributed by atoms with Gasteiger partial charge in [-0.05, 0) is 32.1 Å². The summed E-state index contributed by atoms with van der Waals surface area (Å²) in [6, 6.07) is 10.2. The van der Waals surface area contributed by atoms with Crippen molar-refractivity contribution in [3.8, 4) is 11.4 Å². The third kappa shape index (κ3) is 4.01. The molecule has 0 spiro atoms. The molecule has 2 aliphatic heterocycles. The van der Waals surface area contributed by atoms with Crippen LogP contribution in [0.3, 0.4) is 0 Å². The second-order valence-corrected chi connectivity index (χ2v) is 8.77. The summed E-state index contributed by atoms with van der Waals surface area (Å²) in [5.41, 5.74) is 3.48. The van der Waals surface area contributed by atoms with E-state index in [1.54, 1.807) is 4.90 Å². The van der Waals surface area contributed by atoms with Crippen molar-refractivity contribution in [2.45, 2.75) is 32.1 Å². The number of amides is 2. The Morgan fingerprint density at radius 3 is 2.55 bits per heavy atom. The quantitative estimate of drug-likeness (QED) is 0.711. The minimum Gasteiger partial charge on any atom is -0.355 e. The Morgan fingerprint density at radius 2 is 1.77 bits per heavy atom. The molecule has 3 aliphatic rings. The fourth-order valence-corrected chi connectivity index (χ4v) is 5.07. The van der Waals surface area contributed by atoms with E-state index in [2.05, 4.69) is 17.0 Å². The van der Waals surface area contributed by atoms with Crippen molar-refractivity contribution in [1.29, 1.82) is 0 Å². The van der Waals surface area contributed by atoms with E-state index in [0.717, 1.165) is 62.3 Å². The molecule has 7 nitrogen and oxygen atoms in total. The van der Waals surface area contributed by atoms with Crippen molar-refractivity contribution < 1.29 is 9.59 Å². The SMILES string of the molecule is O=CN1CCN(C(=O)C2CCCN(c3nc(-c4ccccc4)nc4c3CCC4)C2)CC1. The van der Waals surface area contributed by atoms with Crippen molar-refractivity contribution in [3.63, 3.8) is 0 Å². The molecule has 2 amide bonds. The van der Waals surface area contributed by atoms with Crippen LogP contribution in [0.15, 0.2) is 30.3 Å². The van der Waals surface area contributed by atoms with Gasteiger partial charge < -0.3 is 14.7 Å². The maximum Gasteiger partial charge on any atom is 0.227 e. The van der Waals surface area contributed by atoms with Crippen LogP contribution in [0.4, 0.5) is 5.82 Å². The fraction of sp³-hybridized carbons (Fsp3) is 0.500. The standard InChI is InChI=1S/C24H29N5O2/c30-17-27-12-14-28(15-13-27)24(31)19-8-5-11-29(16-19)23-20-9-4-10-21(20)25-22(26-23)18-6-2-1-3-7-18/h1-3,6-7,17,19H,4-5,8-16H2. The number of hydrogen-bond donors (Lipinski definition) is 0. The molecule has 0 saturated carbocycles. The van der Waals surface area contributed by atoms with Gasteiger partial charge in [-0.1, -0.05) is 30.3 Å². The topological polar surface area (TPSA) is 69.6 Å². The number of piperazine rings is 1. The highest BCUT2D eigenvalue weighted by atomic mass is 16.2. The molecule has 3 heterocycles. The lowest BCUT2D eigenvalue weighted by atomic mass is 9.95. The number of carbonyl (C=O) groups excluding carboxylic acids is 2. The second kappa shape index (κ2) is 8.65. The highest BCUT2D eigenvalue weighted by molar-refractivity contribution is 5.80. The molecule has 7 heteroatoms. The molecule has 31 heavy (non-hydrogen) atoms. The summed E-state index contributed by atoms with van der Waals surface area (Å²) < 4.78 is 0. The third-order valence-electron chi connectivity index (χ3n) is 6.79. The van der Waals surface area contributed by atoms with E-state index in [9.17, 15) is 9.59 Å². The summed E-state index contributed by atoms with van der Waals surface area (Å²) in [6.45, 7) is 4.17. The van der Waals surface area contributed by atoms with Crippen LogP contribution in [-0.2, 0) is 22.4 Å². The Morgan fingerprint density at radius 1 is 0.968 bits per heavy atom. The minimum absolute atomic E-state index is 0.0104. The number of aryl methyl sites for hydroxylation is 1. The minimum atomic E-state index is -0.0104. The van der Waals surface area contributed by atoms with E-state index in [1.807, 2.05) is 23.1 Å². The van der Waals surface area contributed by atoms with Gasteiger partial charge in [0.1, 0.15) is 5.82 Å². The summed E-state index contributed by atoms with van der Waals surface area (Å²) in [4.78, 5) is 40.1. The molecule has 1 aliphatic carbocycles. The van der Waals surface area contributed by atoms with Crippen LogP contribution in [0.2, 0.25) is 0 Å². The molecule has 2 fully saturated rings. The summed E-state index contributed by atoms with van der Waals surface area (Å²) in [6.07, 6.45) is 5.92. The zero-order valence-corrected chi connectivity index (χ0v) is 17.9. The van der Waals surface area contributed by atoms with E-state index in [-0.39, 0.29) is 11.8 Å². The molecule has 5 rings (SSSR count). The first kappa shape index (κ1) is 20.0. The molecule has 1 unspecified atom stereocenters. The second-order valence-electron chi connectivity index (χ2n) is 8.77. The molecular weight excluding hydrogens is 390 g/mol.